The highest BCUT2D eigenvalue weighted by Crippen LogP contribution is 2.22. The summed E-state index contributed by atoms with van der Waals surface area (Å²) in [6, 6.07) is 8.84. The molecule has 6 nitrogen and oxygen atoms in total. The Morgan fingerprint density at radius 3 is 2.48 bits per heavy atom. The number of carbonyl (C=O) groups is 3. The quantitative estimate of drug-likeness (QED) is 0.549. The third-order valence-corrected chi connectivity index (χ3v) is 4.54. The number of esters is 1. The zero-order valence-electron chi connectivity index (χ0n) is 15.6. The van der Waals surface area contributed by atoms with Crippen molar-refractivity contribution >= 4 is 28.4 Å². The smallest absolute Gasteiger partial charge is 0.341 e. The Bertz CT molecular complexity index is 1060. The monoisotopic (exact) mass is 364 g/mol. The first-order valence-electron chi connectivity index (χ1n) is 8.60. The molecule has 3 rings (SSSR count). The number of hydrogen-bond acceptors (Lipinski definition) is 5. The number of pyridine rings is 1. The van der Waals surface area contributed by atoms with Gasteiger partial charge in [0.1, 0.15) is 0 Å². The molecule has 1 aromatic carbocycles. The highest BCUT2D eigenvalue weighted by Gasteiger charge is 2.26. The lowest BCUT2D eigenvalue weighted by Crippen LogP contribution is -2.25. The molecule has 27 heavy (non-hydrogen) atoms. The van der Waals surface area contributed by atoms with Crippen molar-refractivity contribution in [2.45, 2.75) is 33.8 Å². The zero-order chi connectivity index (χ0) is 19.7. The van der Waals surface area contributed by atoms with Crippen LogP contribution in [0.25, 0.3) is 10.9 Å². The maximum Gasteiger partial charge on any atom is 0.341 e. The van der Waals surface area contributed by atoms with Crippen LogP contribution in [0.2, 0.25) is 0 Å². The number of fused-ring (bicyclic) bond motifs is 1. The number of hydrogen-bond donors (Lipinski definition) is 1. The van der Waals surface area contributed by atoms with Gasteiger partial charge in [-0.25, -0.2) is 4.79 Å². The van der Waals surface area contributed by atoms with Gasteiger partial charge in [0.25, 0.3) is 0 Å². The fourth-order valence-electron chi connectivity index (χ4n) is 3.27. The number of aromatic nitrogens is 2. The number of ketones is 2. The first kappa shape index (κ1) is 18.5. The summed E-state index contributed by atoms with van der Waals surface area (Å²) in [5.74, 6) is -1.12. The molecule has 2 heterocycles. The molecule has 0 unspecified atom stereocenters. The second-order valence-electron chi connectivity index (χ2n) is 6.47. The molecular weight excluding hydrogens is 344 g/mol. The van der Waals surface area contributed by atoms with Crippen LogP contribution in [0.15, 0.2) is 36.5 Å². The van der Waals surface area contributed by atoms with Gasteiger partial charge in [-0.2, -0.15) is 0 Å². The summed E-state index contributed by atoms with van der Waals surface area (Å²) in [6.07, 6.45) is 0.593. The third-order valence-electron chi connectivity index (χ3n) is 4.54. The number of H-pyrrole nitrogens is 1. The van der Waals surface area contributed by atoms with Crippen LogP contribution < -0.4 is 0 Å². The second kappa shape index (κ2) is 7.15. The summed E-state index contributed by atoms with van der Waals surface area (Å²) in [5, 5.41) is 0.813. The maximum atomic E-state index is 12.7. The predicted octanol–water partition coefficient (Wildman–Crippen LogP) is 3.81. The molecule has 0 aliphatic heterocycles. The molecule has 3 aromatic rings. The summed E-state index contributed by atoms with van der Waals surface area (Å²) < 4.78 is 5.39. The number of carbonyl (C=O) groups excluding carboxylic acids is 3. The van der Waals surface area contributed by atoms with E-state index in [1.165, 1.54) is 13.8 Å². The SMILES string of the molecule is CC(=O)c1c(C)[nH]c(C(=O)[C@H](C)OC(=O)c2cccc3cccnc23)c1C. The van der Waals surface area contributed by atoms with Crippen molar-refractivity contribution in [3.63, 3.8) is 0 Å². The standard InChI is InChI=1S/C21H20N2O4/c1-11-17(13(3)24)12(2)23-18(11)20(25)14(4)27-21(26)16-9-5-7-15-8-6-10-22-19(15)16/h5-10,14,23H,1-4H3/t14-/m0/s1. The fraction of sp³-hybridized carbons (Fsp3) is 0.238. The minimum absolute atomic E-state index is 0.119. The van der Waals surface area contributed by atoms with E-state index in [2.05, 4.69) is 9.97 Å². The van der Waals surface area contributed by atoms with Gasteiger partial charge >= 0.3 is 5.97 Å². The van der Waals surface area contributed by atoms with E-state index >= 15 is 0 Å². The van der Waals surface area contributed by atoms with E-state index in [0.29, 0.717) is 27.9 Å². The van der Waals surface area contributed by atoms with Crippen molar-refractivity contribution in [2.75, 3.05) is 0 Å². The molecule has 0 fully saturated rings. The van der Waals surface area contributed by atoms with Crippen molar-refractivity contribution in [1.82, 2.24) is 9.97 Å². The number of benzene rings is 1. The Morgan fingerprint density at radius 2 is 1.81 bits per heavy atom. The third kappa shape index (κ3) is 3.38. The molecule has 0 aliphatic rings. The van der Waals surface area contributed by atoms with Crippen LogP contribution in [0, 0.1) is 13.8 Å². The van der Waals surface area contributed by atoms with Crippen molar-refractivity contribution in [3.8, 4) is 0 Å². The van der Waals surface area contributed by atoms with Crippen molar-refractivity contribution < 1.29 is 19.1 Å². The van der Waals surface area contributed by atoms with E-state index in [9.17, 15) is 14.4 Å². The maximum absolute atomic E-state index is 12.7. The lowest BCUT2D eigenvalue weighted by atomic mass is 10.0. The summed E-state index contributed by atoms with van der Waals surface area (Å²) in [5.41, 5.74) is 2.80. The number of nitrogens with one attached hydrogen (secondary N) is 1. The molecule has 0 amide bonds. The lowest BCUT2D eigenvalue weighted by Gasteiger charge is -2.13. The van der Waals surface area contributed by atoms with Gasteiger partial charge in [-0.15, -0.1) is 0 Å². The number of Topliss-reactive ketones (excluding diaryl/α,β-unsaturated/α-hetero) is 2. The molecule has 6 heteroatoms. The van der Waals surface area contributed by atoms with Crippen LogP contribution in [0.3, 0.4) is 0 Å². The van der Waals surface area contributed by atoms with Crippen molar-refractivity contribution in [3.05, 3.63) is 64.6 Å². The van der Waals surface area contributed by atoms with Gasteiger partial charge in [-0.3, -0.25) is 14.6 Å². The highest BCUT2D eigenvalue weighted by molar-refractivity contribution is 6.07. The Labute approximate surface area is 156 Å². The fourth-order valence-corrected chi connectivity index (χ4v) is 3.27. The molecule has 1 N–H and O–H groups in total. The topological polar surface area (TPSA) is 89.1 Å². The number of rotatable bonds is 5. The Kier molecular flexibility index (Phi) is 4.90. The Hall–Kier alpha value is -3.28. The van der Waals surface area contributed by atoms with E-state index in [4.69, 9.17) is 4.74 Å². The number of ether oxygens (including phenoxy) is 1. The van der Waals surface area contributed by atoms with E-state index < -0.39 is 12.1 Å². The van der Waals surface area contributed by atoms with Crippen LogP contribution in [0.5, 0.6) is 0 Å². The van der Waals surface area contributed by atoms with Gasteiger partial charge < -0.3 is 9.72 Å². The Morgan fingerprint density at radius 1 is 1.11 bits per heavy atom. The van der Waals surface area contributed by atoms with Gasteiger partial charge in [0, 0.05) is 22.8 Å². The molecule has 2 aromatic heterocycles. The minimum Gasteiger partial charge on any atom is -0.451 e. The van der Waals surface area contributed by atoms with Gasteiger partial charge in [-0.05, 0) is 45.4 Å². The van der Waals surface area contributed by atoms with E-state index in [1.807, 2.05) is 12.1 Å². The number of para-hydroxylation sites is 1. The van der Waals surface area contributed by atoms with Crippen molar-refractivity contribution in [2.24, 2.45) is 0 Å². The molecule has 0 aliphatic carbocycles. The zero-order valence-corrected chi connectivity index (χ0v) is 15.6. The highest BCUT2D eigenvalue weighted by atomic mass is 16.5. The summed E-state index contributed by atoms with van der Waals surface area (Å²) in [7, 11) is 0. The van der Waals surface area contributed by atoms with E-state index in [-0.39, 0.29) is 17.3 Å². The molecule has 0 saturated heterocycles. The van der Waals surface area contributed by atoms with Crippen LogP contribution in [-0.2, 0) is 4.74 Å². The van der Waals surface area contributed by atoms with E-state index in [0.717, 1.165) is 5.39 Å². The molecule has 0 radical (unpaired) electrons. The first-order valence-corrected chi connectivity index (χ1v) is 8.60. The molecule has 138 valence electrons. The summed E-state index contributed by atoms with van der Waals surface area (Å²) in [6.45, 7) is 6.41. The number of aryl methyl sites for hydroxylation is 1. The van der Waals surface area contributed by atoms with Crippen LogP contribution in [0.1, 0.15) is 56.3 Å². The molecule has 0 spiro atoms. The molecule has 0 saturated carbocycles. The van der Waals surface area contributed by atoms with Crippen molar-refractivity contribution in [1.29, 1.82) is 0 Å². The van der Waals surface area contributed by atoms with Crippen LogP contribution in [-0.4, -0.2) is 33.6 Å². The minimum atomic E-state index is -1.01. The molecule has 0 bridgehead atoms. The summed E-state index contributed by atoms with van der Waals surface area (Å²) >= 11 is 0. The number of aromatic amines is 1. The van der Waals surface area contributed by atoms with Crippen LogP contribution in [0.4, 0.5) is 0 Å². The first-order chi connectivity index (χ1) is 12.8. The van der Waals surface area contributed by atoms with Gasteiger partial charge in [0.2, 0.25) is 5.78 Å². The van der Waals surface area contributed by atoms with E-state index in [1.54, 1.807) is 38.2 Å². The average Bonchev–Trinajstić information content (AvgIpc) is 2.94. The van der Waals surface area contributed by atoms with Gasteiger partial charge in [0.15, 0.2) is 11.9 Å². The van der Waals surface area contributed by atoms with Gasteiger partial charge in [0.05, 0.1) is 16.8 Å². The lowest BCUT2D eigenvalue weighted by molar-refractivity contribution is 0.0318. The average molecular weight is 364 g/mol. The molecular formula is C21H20N2O4. The number of nitrogens with zero attached hydrogens (tertiary/aromatic N) is 1. The van der Waals surface area contributed by atoms with Crippen LogP contribution >= 0.6 is 0 Å². The Balaban J connectivity index is 1.86. The summed E-state index contributed by atoms with van der Waals surface area (Å²) in [4.78, 5) is 44.3. The largest absolute Gasteiger partial charge is 0.451 e. The second-order valence-corrected chi connectivity index (χ2v) is 6.47. The predicted molar refractivity (Wildman–Crippen MR) is 101 cm³/mol. The van der Waals surface area contributed by atoms with Gasteiger partial charge in [-0.1, -0.05) is 18.2 Å². The molecule has 1 atom stereocenters. The normalized spacial score (nSPS) is 12.0.